The van der Waals surface area contributed by atoms with Gasteiger partial charge in [-0.05, 0) is 49.8 Å². The van der Waals surface area contributed by atoms with Gasteiger partial charge in [-0.1, -0.05) is 53.0 Å². The summed E-state index contributed by atoms with van der Waals surface area (Å²) in [5.41, 5.74) is 4.69. The fourth-order valence-electron chi connectivity index (χ4n) is 2.82. The number of nitrogens with one attached hydrogen (secondary N) is 1. The lowest BCUT2D eigenvalue weighted by atomic mass is 9.75. The number of nitrogens with zero attached hydrogens (tertiary/aromatic N) is 1. The van der Waals surface area contributed by atoms with Crippen LogP contribution in [0.3, 0.4) is 0 Å². The van der Waals surface area contributed by atoms with Gasteiger partial charge in [-0.15, -0.1) is 0 Å². The van der Waals surface area contributed by atoms with Gasteiger partial charge in [-0.25, -0.2) is 4.98 Å². The molecule has 4 heteroatoms. The first-order chi connectivity index (χ1) is 10.0. The van der Waals surface area contributed by atoms with Crippen molar-refractivity contribution in [1.82, 2.24) is 4.98 Å². The molecular formula is C17H18Cl2N2. The average molecular weight is 321 g/mol. The summed E-state index contributed by atoms with van der Waals surface area (Å²) in [6.07, 6.45) is 2.25. The molecule has 110 valence electrons. The summed E-state index contributed by atoms with van der Waals surface area (Å²) in [6, 6.07) is 11.1. The quantitative estimate of drug-likeness (QED) is 0.769. The van der Waals surface area contributed by atoms with E-state index in [-0.39, 0.29) is 0 Å². The zero-order valence-electron chi connectivity index (χ0n) is 12.2. The number of halogens is 2. The van der Waals surface area contributed by atoms with Crippen LogP contribution in [0.5, 0.6) is 0 Å². The van der Waals surface area contributed by atoms with Gasteiger partial charge in [0.05, 0.1) is 5.69 Å². The highest BCUT2D eigenvalue weighted by atomic mass is 35.5. The van der Waals surface area contributed by atoms with Gasteiger partial charge in [0, 0.05) is 6.04 Å². The van der Waals surface area contributed by atoms with E-state index < -0.39 is 0 Å². The Morgan fingerprint density at radius 3 is 2.38 bits per heavy atom. The lowest BCUT2D eigenvalue weighted by Crippen LogP contribution is -2.34. The van der Waals surface area contributed by atoms with Crippen molar-refractivity contribution in [2.75, 3.05) is 5.32 Å². The van der Waals surface area contributed by atoms with Crippen LogP contribution < -0.4 is 5.32 Å². The van der Waals surface area contributed by atoms with Gasteiger partial charge in [0.2, 0.25) is 0 Å². The van der Waals surface area contributed by atoms with Gasteiger partial charge < -0.3 is 5.32 Å². The lowest BCUT2D eigenvalue weighted by molar-refractivity contribution is 0.374. The van der Waals surface area contributed by atoms with Gasteiger partial charge in [-0.2, -0.15) is 0 Å². The summed E-state index contributed by atoms with van der Waals surface area (Å²) >= 11 is 12.1. The van der Waals surface area contributed by atoms with Crippen LogP contribution in [0.1, 0.15) is 35.4 Å². The topological polar surface area (TPSA) is 24.9 Å². The van der Waals surface area contributed by atoms with Gasteiger partial charge in [0.15, 0.2) is 5.15 Å². The van der Waals surface area contributed by atoms with Crippen molar-refractivity contribution in [3.05, 3.63) is 57.3 Å². The van der Waals surface area contributed by atoms with E-state index in [1.165, 1.54) is 11.1 Å². The van der Waals surface area contributed by atoms with Crippen molar-refractivity contribution in [3.63, 3.8) is 0 Å². The second kappa shape index (κ2) is 5.86. The van der Waals surface area contributed by atoms with Gasteiger partial charge in [0.1, 0.15) is 5.15 Å². The predicted molar refractivity (Wildman–Crippen MR) is 89.6 cm³/mol. The van der Waals surface area contributed by atoms with Crippen molar-refractivity contribution in [3.8, 4) is 0 Å². The first kappa shape index (κ1) is 14.7. The van der Waals surface area contributed by atoms with Gasteiger partial charge in [-0.3, -0.25) is 0 Å². The second-order valence-corrected chi connectivity index (χ2v) is 6.59. The molecule has 1 saturated carbocycles. The van der Waals surface area contributed by atoms with Crippen LogP contribution in [0, 0.1) is 13.8 Å². The summed E-state index contributed by atoms with van der Waals surface area (Å²) < 4.78 is 0. The molecule has 0 aliphatic heterocycles. The largest absolute Gasteiger partial charge is 0.380 e. The van der Waals surface area contributed by atoms with Crippen molar-refractivity contribution < 1.29 is 0 Å². The summed E-state index contributed by atoms with van der Waals surface area (Å²) in [5, 5.41) is 4.40. The van der Waals surface area contributed by atoms with Crippen LogP contribution in [0.15, 0.2) is 30.3 Å². The number of aromatic nitrogens is 1. The maximum Gasteiger partial charge on any atom is 0.154 e. The third kappa shape index (κ3) is 3.17. The summed E-state index contributed by atoms with van der Waals surface area (Å²) in [7, 11) is 0. The Balaban J connectivity index is 1.64. The first-order valence-electron chi connectivity index (χ1n) is 7.18. The van der Waals surface area contributed by atoms with E-state index in [1.807, 2.05) is 13.0 Å². The van der Waals surface area contributed by atoms with E-state index >= 15 is 0 Å². The normalized spacial score (nSPS) is 21.0. The maximum absolute atomic E-state index is 6.17. The Kier molecular flexibility index (Phi) is 4.10. The molecule has 1 fully saturated rings. The molecule has 1 aromatic heterocycles. The average Bonchev–Trinajstić information content (AvgIpc) is 2.37. The molecule has 0 saturated heterocycles. The SMILES string of the molecule is Cc1ccc(C2CC(Nc3c(C)cc(Cl)nc3Cl)C2)cc1. The zero-order chi connectivity index (χ0) is 15.0. The van der Waals surface area contributed by atoms with E-state index in [0.29, 0.717) is 22.3 Å². The summed E-state index contributed by atoms with van der Waals surface area (Å²) in [5.74, 6) is 0.641. The van der Waals surface area contributed by atoms with E-state index in [9.17, 15) is 0 Å². The molecule has 3 rings (SSSR count). The first-order valence-corrected chi connectivity index (χ1v) is 7.94. The van der Waals surface area contributed by atoms with Crippen molar-refractivity contribution in [1.29, 1.82) is 0 Å². The predicted octanol–water partition coefficient (Wildman–Crippen LogP) is 5.36. The molecule has 1 aliphatic rings. The number of benzene rings is 1. The molecule has 0 amide bonds. The van der Waals surface area contributed by atoms with Gasteiger partial charge in [0.25, 0.3) is 0 Å². The maximum atomic E-state index is 6.17. The Bertz CT molecular complexity index is 623. The Hall–Kier alpha value is -1.25. The van der Waals surface area contributed by atoms with E-state index in [0.717, 1.165) is 24.1 Å². The van der Waals surface area contributed by atoms with E-state index in [4.69, 9.17) is 23.2 Å². The number of rotatable bonds is 3. The molecule has 21 heavy (non-hydrogen) atoms. The lowest BCUT2D eigenvalue weighted by Gasteiger charge is -2.37. The molecule has 1 N–H and O–H groups in total. The third-order valence-corrected chi connectivity index (χ3v) is 4.64. The highest BCUT2D eigenvalue weighted by Gasteiger charge is 2.30. The molecular weight excluding hydrogens is 303 g/mol. The monoisotopic (exact) mass is 320 g/mol. The summed E-state index contributed by atoms with van der Waals surface area (Å²) in [6.45, 7) is 4.12. The standard InChI is InChI=1S/C17H18Cl2N2/c1-10-3-5-12(6-4-10)13-8-14(9-13)20-16-11(2)7-15(18)21-17(16)19/h3-7,13-14,20H,8-9H2,1-2H3. The van der Waals surface area contributed by atoms with Crippen LogP contribution in [0.2, 0.25) is 10.3 Å². The molecule has 2 nitrogen and oxygen atoms in total. The highest BCUT2D eigenvalue weighted by Crippen LogP contribution is 2.40. The number of hydrogen-bond acceptors (Lipinski definition) is 2. The van der Waals surface area contributed by atoms with Crippen LogP contribution >= 0.6 is 23.2 Å². The zero-order valence-corrected chi connectivity index (χ0v) is 13.7. The molecule has 0 spiro atoms. The Morgan fingerprint density at radius 1 is 1.10 bits per heavy atom. The number of hydrogen-bond donors (Lipinski definition) is 1. The molecule has 1 aliphatic carbocycles. The molecule has 0 atom stereocenters. The minimum atomic E-state index is 0.439. The van der Waals surface area contributed by atoms with E-state index in [2.05, 4.69) is 41.5 Å². The third-order valence-electron chi connectivity index (χ3n) is 4.18. The fraction of sp³-hybridized carbons (Fsp3) is 0.353. The molecule has 2 aromatic rings. The summed E-state index contributed by atoms with van der Waals surface area (Å²) in [4.78, 5) is 4.10. The Morgan fingerprint density at radius 2 is 1.76 bits per heavy atom. The van der Waals surface area contributed by atoms with Gasteiger partial charge >= 0.3 is 0 Å². The fourth-order valence-corrected chi connectivity index (χ4v) is 3.41. The Labute approximate surface area is 135 Å². The molecule has 0 radical (unpaired) electrons. The molecule has 0 unspecified atom stereocenters. The second-order valence-electron chi connectivity index (χ2n) is 5.85. The number of aryl methyl sites for hydroxylation is 2. The number of pyridine rings is 1. The van der Waals surface area contributed by atoms with Crippen molar-refractivity contribution in [2.45, 2.75) is 38.6 Å². The molecule has 0 bridgehead atoms. The minimum Gasteiger partial charge on any atom is -0.380 e. The highest BCUT2D eigenvalue weighted by molar-refractivity contribution is 6.34. The van der Waals surface area contributed by atoms with Crippen LogP contribution in [-0.4, -0.2) is 11.0 Å². The van der Waals surface area contributed by atoms with Crippen LogP contribution in [0.25, 0.3) is 0 Å². The van der Waals surface area contributed by atoms with E-state index in [1.54, 1.807) is 0 Å². The minimum absolute atomic E-state index is 0.439. The van der Waals surface area contributed by atoms with Crippen LogP contribution in [0.4, 0.5) is 5.69 Å². The van der Waals surface area contributed by atoms with Crippen molar-refractivity contribution in [2.24, 2.45) is 0 Å². The molecule has 1 aromatic carbocycles. The van der Waals surface area contributed by atoms with Crippen molar-refractivity contribution >= 4 is 28.9 Å². The number of anilines is 1. The van der Waals surface area contributed by atoms with Crippen LogP contribution in [-0.2, 0) is 0 Å². The smallest absolute Gasteiger partial charge is 0.154 e. The molecule has 1 heterocycles.